The monoisotopic (exact) mass is 236 g/mol. The minimum atomic E-state index is 0.0797. The zero-order valence-corrected chi connectivity index (χ0v) is 10.6. The molecule has 1 fully saturated rings. The molecule has 2 heteroatoms. The first-order chi connectivity index (χ1) is 7.53. The van der Waals surface area contributed by atoms with E-state index in [0.29, 0.717) is 18.6 Å². The Morgan fingerprint density at radius 3 is 2.44 bits per heavy atom. The van der Waals surface area contributed by atoms with E-state index in [2.05, 4.69) is 19.9 Å². The van der Waals surface area contributed by atoms with Crippen LogP contribution in [0.1, 0.15) is 43.7 Å². The van der Waals surface area contributed by atoms with Gasteiger partial charge in [-0.15, -0.1) is 0 Å². The molecule has 0 radical (unpaired) electrons. The molecule has 1 aliphatic carbocycles. The van der Waals surface area contributed by atoms with Gasteiger partial charge in [-0.3, -0.25) is 4.79 Å². The highest BCUT2D eigenvalue weighted by atomic mass is 35.5. The van der Waals surface area contributed by atoms with Crippen molar-refractivity contribution < 1.29 is 4.79 Å². The zero-order chi connectivity index (χ0) is 11.8. The van der Waals surface area contributed by atoms with Crippen molar-refractivity contribution in [1.29, 1.82) is 0 Å². The van der Waals surface area contributed by atoms with Gasteiger partial charge in [0.15, 0.2) is 0 Å². The van der Waals surface area contributed by atoms with Gasteiger partial charge in [-0.05, 0) is 42.4 Å². The number of hydrogen-bond donors (Lipinski definition) is 0. The van der Waals surface area contributed by atoms with Crippen molar-refractivity contribution >= 4 is 17.4 Å². The third-order valence-electron chi connectivity index (χ3n) is 3.74. The van der Waals surface area contributed by atoms with Crippen LogP contribution in [0.4, 0.5) is 0 Å². The molecule has 0 N–H and O–H groups in total. The highest BCUT2D eigenvalue weighted by Gasteiger charge is 2.34. The Kier molecular flexibility index (Phi) is 3.07. The molecule has 0 heterocycles. The summed E-state index contributed by atoms with van der Waals surface area (Å²) in [4.78, 5) is 11.3. The molecule has 2 rings (SSSR count). The number of hydrogen-bond acceptors (Lipinski definition) is 1. The molecule has 1 aromatic carbocycles. The second kappa shape index (κ2) is 4.21. The number of carbonyl (C=O) groups is 1. The van der Waals surface area contributed by atoms with E-state index in [1.807, 2.05) is 12.1 Å². The number of ketones is 1. The third-order valence-corrected chi connectivity index (χ3v) is 4.05. The molecule has 1 aromatic rings. The molecule has 86 valence electrons. The highest BCUT2D eigenvalue weighted by Crippen LogP contribution is 2.42. The summed E-state index contributed by atoms with van der Waals surface area (Å²) in [5, 5.41) is 0.844. The first kappa shape index (κ1) is 11.7. The molecule has 1 nitrogen and oxygen atoms in total. The van der Waals surface area contributed by atoms with E-state index >= 15 is 0 Å². The summed E-state index contributed by atoms with van der Waals surface area (Å²) in [7, 11) is 0. The normalized spacial score (nSPS) is 19.8. The molecule has 1 saturated carbocycles. The Labute approximate surface area is 102 Å². The Morgan fingerprint density at radius 1 is 1.25 bits per heavy atom. The van der Waals surface area contributed by atoms with Crippen LogP contribution in [-0.4, -0.2) is 5.78 Å². The van der Waals surface area contributed by atoms with Crippen molar-refractivity contribution in [2.75, 3.05) is 0 Å². The minimum absolute atomic E-state index is 0.0797. The average molecular weight is 237 g/mol. The number of carbonyl (C=O) groups excluding carboxylic acids is 1. The van der Waals surface area contributed by atoms with Crippen LogP contribution in [0.15, 0.2) is 18.2 Å². The van der Waals surface area contributed by atoms with Crippen LogP contribution in [0.2, 0.25) is 5.02 Å². The van der Waals surface area contributed by atoms with E-state index < -0.39 is 0 Å². The van der Waals surface area contributed by atoms with Crippen LogP contribution in [-0.2, 0) is 10.2 Å². The van der Waals surface area contributed by atoms with Crippen LogP contribution >= 0.6 is 11.6 Å². The Morgan fingerprint density at radius 2 is 1.88 bits per heavy atom. The van der Waals surface area contributed by atoms with Gasteiger partial charge in [-0.1, -0.05) is 30.7 Å². The summed E-state index contributed by atoms with van der Waals surface area (Å²) in [5.74, 6) is 0.391. The summed E-state index contributed by atoms with van der Waals surface area (Å²) < 4.78 is 0. The summed E-state index contributed by atoms with van der Waals surface area (Å²) in [6, 6.07) is 6.03. The Balaban J connectivity index is 2.39. The van der Waals surface area contributed by atoms with Crippen molar-refractivity contribution in [3.05, 3.63) is 34.3 Å². The van der Waals surface area contributed by atoms with E-state index in [0.717, 1.165) is 17.9 Å². The SMILES string of the molecule is Cc1cccc(Cl)c1C1(C)CCC(=O)CC1. The average Bonchev–Trinajstić information content (AvgIpc) is 2.23. The van der Waals surface area contributed by atoms with Gasteiger partial charge in [-0.25, -0.2) is 0 Å². The second-order valence-electron chi connectivity index (χ2n) is 5.03. The molecule has 0 spiro atoms. The molecule has 0 aliphatic heterocycles. The third kappa shape index (κ3) is 2.01. The van der Waals surface area contributed by atoms with E-state index in [9.17, 15) is 4.79 Å². The van der Waals surface area contributed by atoms with Crippen LogP contribution in [0.5, 0.6) is 0 Å². The van der Waals surface area contributed by atoms with Crippen molar-refractivity contribution in [2.24, 2.45) is 0 Å². The lowest BCUT2D eigenvalue weighted by Crippen LogP contribution is -2.29. The van der Waals surface area contributed by atoms with Gasteiger partial charge in [0.1, 0.15) is 5.78 Å². The lowest BCUT2D eigenvalue weighted by atomic mass is 9.69. The number of benzene rings is 1. The maximum absolute atomic E-state index is 11.3. The predicted octanol–water partition coefficient (Wildman–Crippen LogP) is 4.05. The second-order valence-corrected chi connectivity index (χ2v) is 5.44. The molecular formula is C14H17ClO. The van der Waals surface area contributed by atoms with E-state index in [4.69, 9.17) is 11.6 Å². The van der Waals surface area contributed by atoms with Gasteiger partial charge in [0.2, 0.25) is 0 Å². The first-order valence-electron chi connectivity index (χ1n) is 5.80. The predicted molar refractivity (Wildman–Crippen MR) is 67.0 cm³/mol. The largest absolute Gasteiger partial charge is 0.300 e. The molecular weight excluding hydrogens is 220 g/mol. The van der Waals surface area contributed by atoms with Gasteiger partial charge in [0, 0.05) is 17.9 Å². The number of halogens is 1. The molecule has 0 unspecified atom stereocenters. The minimum Gasteiger partial charge on any atom is -0.300 e. The van der Waals surface area contributed by atoms with Crippen molar-refractivity contribution in [1.82, 2.24) is 0 Å². The molecule has 0 saturated heterocycles. The van der Waals surface area contributed by atoms with E-state index in [1.165, 1.54) is 11.1 Å². The number of Topliss-reactive ketones (excluding diaryl/α,β-unsaturated/α-hetero) is 1. The number of aryl methyl sites for hydroxylation is 1. The van der Waals surface area contributed by atoms with E-state index in [-0.39, 0.29) is 5.41 Å². The van der Waals surface area contributed by atoms with Crippen molar-refractivity contribution in [3.63, 3.8) is 0 Å². The topological polar surface area (TPSA) is 17.1 Å². The lowest BCUT2D eigenvalue weighted by Gasteiger charge is -2.35. The summed E-state index contributed by atoms with van der Waals surface area (Å²) in [6.07, 6.45) is 3.25. The molecule has 0 atom stereocenters. The molecule has 1 aliphatic rings. The van der Waals surface area contributed by atoms with Gasteiger partial charge < -0.3 is 0 Å². The summed E-state index contributed by atoms with van der Waals surface area (Å²) >= 11 is 6.30. The fourth-order valence-corrected chi connectivity index (χ4v) is 3.18. The fraction of sp³-hybridized carbons (Fsp3) is 0.500. The van der Waals surface area contributed by atoms with Crippen LogP contribution in [0.25, 0.3) is 0 Å². The maximum atomic E-state index is 11.3. The molecule has 0 amide bonds. The standard InChI is InChI=1S/C14H17ClO/c1-10-4-3-5-12(15)13(10)14(2)8-6-11(16)7-9-14/h3-5H,6-9H2,1-2H3. The Bertz CT molecular complexity index is 392. The van der Waals surface area contributed by atoms with Gasteiger partial charge in [-0.2, -0.15) is 0 Å². The van der Waals surface area contributed by atoms with Gasteiger partial charge in [0.25, 0.3) is 0 Å². The lowest BCUT2D eigenvalue weighted by molar-refractivity contribution is -0.121. The van der Waals surface area contributed by atoms with Crippen LogP contribution < -0.4 is 0 Å². The van der Waals surface area contributed by atoms with Crippen LogP contribution in [0, 0.1) is 6.92 Å². The first-order valence-corrected chi connectivity index (χ1v) is 6.18. The molecule has 0 aromatic heterocycles. The zero-order valence-electron chi connectivity index (χ0n) is 9.85. The molecule has 16 heavy (non-hydrogen) atoms. The van der Waals surface area contributed by atoms with Crippen molar-refractivity contribution in [2.45, 2.75) is 44.9 Å². The number of rotatable bonds is 1. The molecule has 0 bridgehead atoms. The summed E-state index contributed by atoms with van der Waals surface area (Å²) in [6.45, 7) is 4.33. The van der Waals surface area contributed by atoms with E-state index in [1.54, 1.807) is 0 Å². The van der Waals surface area contributed by atoms with Crippen LogP contribution in [0.3, 0.4) is 0 Å². The summed E-state index contributed by atoms with van der Waals surface area (Å²) in [5.41, 5.74) is 2.56. The fourth-order valence-electron chi connectivity index (χ4n) is 2.73. The highest BCUT2D eigenvalue weighted by molar-refractivity contribution is 6.31. The Hall–Kier alpha value is -0.820. The smallest absolute Gasteiger partial charge is 0.132 e. The quantitative estimate of drug-likeness (QED) is 0.719. The maximum Gasteiger partial charge on any atom is 0.132 e. The van der Waals surface area contributed by atoms with Crippen molar-refractivity contribution in [3.8, 4) is 0 Å². The van der Waals surface area contributed by atoms with Gasteiger partial charge >= 0.3 is 0 Å². The van der Waals surface area contributed by atoms with Gasteiger partial charge in [0.05, 0.1) is 0 Å².